The van der Waals surface area contributed by atoms with Gasteiger partial charge in [-0.05, 0) is 18.6 Å². The summed E-state index contributed by atoms with van der Waals surface area (Å²) in [7, 11) is -3.63. The van der Waals surface area contributed by atoms with Crippen molar-refractivity contribution in [1.29, 1.82) is 5.26 Å². The lowest BCUT2D eigenvalue weighted by Gasteiger charge is -2.09. The molecule has 4 nitrogen and oxygen atoms in total. The molecule has 6 heteroatoms. The number of para-hydroxylation sites is 1. The zero-order valence-corrected chi connectivity index (χ0v) is 9.56. The minimum Gasteiger partial charge on any atom is -0.281 e. The third-order valence-corrected chi connectivity index (χ3v) is 3.07. The van der Waals surface area contributed by atoms with Crippen LogP contribution in [-0.2, 0) is 10.0 Å². The molecule has 1 N–H and O–H groups in total. The largest absolute Gasteiger partial charge is 0.281 e. The van der Waals surface area contributed by atoms with Crippen LogP contribution < -0.4 is 4.72 Å². The summed E-state index contributed by atoms with van der Waals surface area (Å²) in [5.41, 5.74) is 1.04. The fraction of sp³-hybridized carbons (Fsp3) is 0.222. The summed E-state index contributed by atoms with van der Waals surface area (Å²) in [6.45, 7) is 1.73. The van der Waals surface area contributed by atoms with Crippen LogP contribution in [0.1, 0.15) is 5.56 Å². The van der Waals surface area contributed by atoms with Gasteiger partial charge in [-0.3, -0.25) is 4.72 Å². The van der Waals surface area contributed by atoms with E-state index in [0.29, 0.717) is 16.3 Å². The van der Waals surface area contributed by atoms with Crippen LogP contribution in [-0.4, -0.2) is 14.2 Å². The summed E-state index contributed by atoms with van der Waals surface area (Å²) in [6, 6.07) is 6.61. The van der Waals surface area contributed by atoms with Crippen molar-refractivity contribution in [3.63, 3.8) is 0 Å². The number of aryl methyl sites for hydroxylation is 1. The normalized spacial score (nSPS) is 10.7. The Morgan fingerprint density at radius 1 is 1.53 bits per heavy atom. The minimum absolute atomic E-state index is 0.316. The molecule has 0 aliphatic rings. The van der Waals surface area contributed by atoms with Crippen molar-refractivity contribution < 1.29 is 8.42 Å². The van der Waals surface area contributed by atoms with Gasteiger partial charge in [-0.1, -0.05) is 23.7 Å². The van der Waals surface area contributed by atoms with Gasteiger partial charge in [0.15, 0.2) is 5.75 Å². The molecule has 0 amide bonds. The summed E-state index contributed by atoms with van der Waals surface area (Å²) in [5, 5.41) is 8.63. The number of rotatable bonds is 3. The second-order valence-electron chi connectivity index (χ2n) is 2.95. The van der Waals surface area contributed by atoms with Gasteiger partial charge in [0.1, 0.15) is 0 Å². The van der Waals surface area contributed by atoms with Gasteiger partial charge >= 0.3 is 0 Å². The predicted molar refractivity (Wildman–Crippen MR) is 59.2 cm³/mol. The highest BCUT2D eigenvalue weighted by Gasteiger charge is 2.13. The average Bonchev–Trinajstić information content (AvgIpc) is 2.11. The van der Waals surface area contributed by atoms with Crippen LogP contribution in [0.4, 0.5) is 5.69 Å². The molecule has 0 unspecified atom stereocenters. The quantitative estimate of drug-likeness (QED) is 0.883. The van der Waals surface area contributed by atoms with Crippen LogP contribution in [0.3, 0.4) is 0 Å². The van der Waals surface area contributed by atoms with Crippen molar-refractivity contribution in [2.24, 2.45) is 0 Å². The summed E-state index contributed by atoms with van der Waals surface area (Å²) in [6.07, 6.45) is 0. The predicted octanol–water partition coefficient (Wildman–Crippen LogP) is 1.91. The van der Waals surface area contributed by atoms with E-state index in [-0.39, 0.29) is 0 Å². The lowest BCUT2D eigenvalue weighted by atomic mass is 10.2. The molecule has 1 aromatic rings. The van der Waals surface area contributed by atoms with Gasteiger partial charge in [0.25, 0.3) is 0 Å². The molecule has 1 aromatic carbocycles. The highest BCUT2D eigenvalue weighted by atomic mass is 35.5. The summed E-state index contributed by atoms with van der Waals surface area (Å²) >= 11 is 5.83. The standard InChI is InChI=1S/C9H9ClN2O2S/c1-7-3-2-4-8(10)9(7)12-15(13,14)6-5-11/h2-4,12H,6H2,1H3. The Hall–Kier alpha value is -1.25. The average molecular weight is 245 g/mol. The molecule has 0 saturated carbocycles. The van der Waals surface area contributed by atoms with Crippen LogP contribution in [0.25, 0.3) is 0 Å². The van der Waals surface area contributed by atoms with E-state index >= 15 is 0 Å². The monoisotopic (exact) mass is 244 g/mol. The van der Waals surface area contributed by atoms with Crippen molar-refractivity contribution in [1.82, 2.24) is 0 Å². The van der Waals surface area contributed by atoms with E-state index < -0.39 is 15.8 Å². The number of halogens is 1. The smallest absolute Gasteiger partial charge is 0.246 e. The molecule has 0 aliphatic heterocycles. The minimum atomic E-state index is -3.63. The molecule has 0 aliphatic carbocycles. The molecular formula is C9H9ClN2O2S. The number of hydrogen-bond acceptors (Lipinski definition) is 3. The number of nitrogens with zero attached hydrogens (tertiary/aromatic N) is 1. The Kier molecular flexibility index (Phi) is 3.56. The van der Waals surface area contributed by atoms with Crippen molar-refractivity contribution >= 4 is 27.3 Å². The molecule has 0 aromatic heterocycles. The first-order chi connectivity index (χ1) is 6.96. The first-order valence-electron chi connectivity index (χ1n) is 4.09. The highest BCUT2D eigenvalue weighted by Crippen LogP contribution is 2.26. The Morgan fingerprint density at radius 3 is 2.73 bits per heavy atom. The Morgan fingerprint density at radius 2 is 2.20 bits per heavy atom. The van der Waals surface area contributed by atoms with E-state index in [2.05, 4.69) is 4.72 Å². The SMILES string of the molecule is Cc1cccc(Cl)c1NS(=O)(=O)CC#N. The van der Waals surface area contributed by atoms with Gasteiger partial charge in [0, 0.05) is 0 Å². The van der Waals surface area contributed by atoms with Crippen LogP contribution in [0, 0.1) is 18.3 Å². The summed E-state index contributed by atoms with van der Waals surface area (Å²) in [5.74, 6) is -0.586. The second-order valence-corrected chi connectivity index (χ2v) is 5.08. The van der Waals surface area contributed by atoms with Crippen LogP contribution >= 0.6 is 11.6 Å². The summed E-state index contributed by atoms with van der Waals surface area (Å²) in [4.78, 5) is 0. The molecule has 0 saturated heterocycles. The third-order valence-electron chi connectivity index (χ3n) is 1.73. The fourth-order valence-electron chi connectivity index (χ4n) is 1.04. The summed E-state index contributed by atoms with van der Waals surface area (Å²) < 4.78 is 24.9. The molecule has 0 bridgehead atoms. The molecule has 0 atom stereocenters. The van der Waals surface area contributed by atoms with Gasteiger partial charge in [-0.15, -0.1) is 0 Å². The molecule has 0 fully saturated rings. The molecular weight excluding hydrogens is 236 g/mol. The van der Waals surface area contributed by atoms with Crippen LogP contribution in [0.2, 0.25) is 5.02 Å². The maximum atomic E-state index is 11.3. The van der Waals surface area contributed by atoms with E-state index in [4.69, 9.17) is 16.9 Å². The lowest BCUT2D eigenvalue weighted by Crippen LogP contribution is -2.16. The zero-order valence-electron chi connectivity index (χ0n) is 7.99. The number of anilines is 1. The fourth-order valence-corrected chi connectivity index (χ4v) is 2.19. The van der Waals surface area contributed by atoms with E-state index in [9.17, 15) is 8.42 Å². The Labute approximate surface area is 93.5 Å². The third kappa shape index (κ3) is 3.11. The van der Waals surface area contributed by atoms with E-state index in [0.717, 1.165) is 0 Å². The van der Waals surface area contributed by atoms with Gasteiger partial charge < -0.3 is 0 Å². The Balaban J connectivity index is 3.06. The van der Waals surface area contributed by atoms with Crippen molar-refractivity contribution in [2.45, 2.75) is 6.92 Å². The molecule has 15 heavy (non-hydrogen) atoms. The van der Waals surface area contributed by atoms with Crippen molar-refractivity contribution in [3.8, 4) is 6.07 Å². The second kappa shape index (κ2) is 4.51. The number of benzene rings is 1. The van der Waals surface area contributed by atoms with E-state index in [1.165, 1.54) is 0 Å². The molecule has 1 rings (SSSR count). The number of sulfonamides is 1. The molecule has 0 heterocycles. The Bertz CT molecular complexity index is 485. The lowest BCUT2D eigenvalue weighted by molar-refractivity contribution is 0.604. The van der Waals surface area contributed by atoms with Gasteiger partial charge in [0.05, 0.1) is 16.8 Å². The van der Waals surface area contributed by atoms with Crippen molar-refractivity contribution in [3.05, 3.63) is 28.8 Å². The van der Waals surface area contributed by atoms with E-state index in [1.807, 2.05) is 0 Å². The number of hydrogen-bond donors (Lipinski definition) is 1. The highest BCUT2D eigenvalue weighted by molar-refractivity contribution is 7.92. The molecule has 0 radical (unpaired) electrons. The van der Waals surface area contributed by atoms with Crippen molar-refractivity contribution in [2.75, 3.05) is 10.5 Å². The number of nitrogens with one attached hydrogen (secondary N) is 1. The van der Waals surface area contributed by atoms with Crippen LogP contribution in [0.5, 0.6) is 0 Å². The first kappa shape index (κ1) is 11.8. The zero-order chi connectivity index (χ0) is 11.5. The van der Waals surface area contributed by atoms with Gasteiger partial charge in [-0.25, -0.2) is 8.42 Å². The topological polar surface area (TPSA) is 70.0 Å². The maximum Gasteiger partial charge on any atom is 0.246 e. The number of nitriles is 1. The van der Waals surface area contributed by atoms with Gasteiger partial charge in [0.2, 0.25) is 10.0 Å². The molecule has 80 valence electrons. The van der Waals surface area contributed by atoms with Gasteiger partial charge in [-0.2, -0.15) is 5.26 Å². The van der Waals surface area contributed by atoms with Crippen LogP contribution in [0.15, 0.2) is 18.2 Å². The molecule has 0 spiro atoms. The van der Waals surface area contributed by atoms with E-state index in [1.54, 1.807) is 31.2 Å². The first-order valence-corrected chi connectivity index (χ1v) is 6.12. The maximum absolute atomic E-state index is 11.3.